The number of aryl methyl sites for hydroxylation is 1. The van der Waals surface area contributed by atoms with Crippen LogP contribution < -0.4 is 5.32 Å². The Morgan fingerprint density at radius 3 is 2.70 bits per heavy atom. The van der Waals surface area contributed by atoms with E-state index in [2.05, 4.69) is 5.32 Å². The van der Waals surface area contributed by atoms with E-state index in [1.54, 1.807) is 6.92 Å². The fourth-order valence-corrected chi connectivity index (χ4v) is 3.31. The van der Waals surface area contributed by atoms with E-state index in [0.29, 0.717) is 17.7 Å². The van der Waals surface area contributed by atoms with E-state index >= 15 is 0 Å². The third-order valence-corrected chi connectivity index (χ3v) is 4.77. The molecule has 1 aliphatic rings. The second-order valence-corrected chi connectivity index (χ2v) is 6.49. The molecular formula is C20H18N2O5. The third-order valence-electron chi connectivity index (χ3n) is 4.77. The highest BCUT2D eigenvalue weighted by molar-refractivity contribution is 6.08. The van der Waals surface area contributed by atoms with Gasteiger partial charge in [-0.3, -0.25) is 9.69 Å². The van der Waals surface area contributed by atoms with Crippen molar-refractivity contribution in [3.05, 3.63) is 47.7 Å². The largest absolute Gasteiger partial charge is 0.448 e. The van der Waals surface area contributed by atoms with Gasteiger partial charge in [0.25, 0.3) is 5.91 Å². The van der Waals surface area contributed by atoms with Gasteiger partial charge in [-0.05, 0) is 19.2 Å². The van der Waals surface area contributed by atoms with E-state index in [1.165, 1.54) is 6.92 Å². The molecule has 3 aromatic rings. The van der Waals surface area contributed by atoms with Crippen LogP contribution in [0.4, 0.5) is 4.79 Å². The zero-order valence-corrected chi connectivity index (χ0v) is 14.9. The summed E-state index contributed by atoms with van der Waals surface area (Å²) in [5, 5.41) is 5.26. The van der Waals surface area contributed by atoms with E-state index in [-0.39, 0.29) is 12.3 Å². The molecule has 1 N–H and O–H groups in total. The van der Waals surface area contributed by atoms with Gasteiger partial charge in [-0.15, -0.1) is 0 Å². The fourth-order valence-electron chi connectivity index (χ4n) is 3.31. The molecule has 1 atom stereocenters. The number of amides is 3. The van der Waals surface area contributed by atoms with Gasteiger partial charge in [-0.2, -0.15) is 0 Å². The molecule has 3 amide bonds. The normalized spacial score (nSPS) is 15.2. The molecular weight excluding hydrogens is 348 g/mol. The summed E-state index contributed by atoms with van der Waals surface area (Å²) in [6, 6.07) is 11.1. The summed E-state index contributed by atoms with van der Waals surface area (Å²) in [5.74, 6) is -1.22. The second-order valence-electron chi connectivity index (χ2n) is 6.49. The van der Waals surface area contributed by atoms with Crippen molar-refractivity contribution in [3.63, 3.8) is 0 Å². The highest BCUT2D eigenvalue weighted by Gasteiger charge is 2.32. The van der Waals surface area contributed by atoms with Crippen molar-refractivity contribution in [1.82, 2.24) is 10.2 Å². The number of ether oxygens (including phenoxy) is 1. The van der Waals surface area contributed by atoms with Crippen molar-refractivity contribution in [3.8, 4) is 0 Å². The molecule has 1 fully saturated rings. The molecule has 1 saturated heterocycles. The Kier molecular flexibility index (Phi) is 4.07. The average Bonchev–Trinajstić information content (AvgIpc) is 3.24. The van der Waals surface area contributed by atoms with E-state index in [4.69, 9.17) is 9.15 Å². The van der Waals surface area contributed by atoms with Gasteiger partial charge in [0.2, 0.25) is 5.76 Å². The molecule has 0 spiro atoms. The second kappa shape index (κ2) is 6.42. The summed E-state index contributed by atoms with van der Waals surface area (Å²) in [6.45, 7) is 3.87. The van der Waals surface area contributed by atoms with Crippen molar-refractivity contribution in [1.29, 1.82) is 0 Å². The Labute approximate surface area is 154 Å². The van der Waals surface area contributed by atoms with Crippen molar-refractivity contribution < 1.29 is 23.5 Å². The van der Waals surface area contributed by atoms with E-state index in [0.717, 1.165) is 21.1 Å². The van der Waals surface area contributed by atoms with Crippen LogP contribution in [-0.2, 0) is 9.53 Å². The first-order valence-corrected chi connectivity index (χ1v) is 8.68. The van der Waals surface area contributed by atoms with Crippen molar-refractivity contribution in [2.45, 2.75) is 20.0 Å². The molecule has 138 valence electrons. The quantitative estimate of drug-likeness (QED) is 0.720. The average molecular weight is 366 g/mol. The van der Waals surface area contributed by atoms with E-state index in [1.807, 2.05) is 36.4 Å². The van der Waals surface area contributed by atoms with Gasteiger partial charge in [0.1, 0.15) is 5.58 Å². The molecule has 0 radical (unpaired) electrons. The summed E-state index contributed by atoms with van der Waals surface area (Å²) in [7, 11) is 0. The molecule has 0 bridgehead atoms. The summed E-state index contributed by atoms with van der Waals surface area (Å²) < 4.78 is 11.1. The topological polar surface area (TPSA) is 88.9 Å². The van der Waals surface area contributed by atoms with Crippen LogP contribution in [0.2, 0.25) is 0 Å². The lowest BCUT2D eigenvalue weighted by Gasteiger charge is -2.17. The van der Waals surface area contributed by atoms with Crippen LogP contribution in [0.15, 0.2) is 40.8 Å². The van der Waals surface area contributed by atoms with Crippen LogP contribution in [0.3, 0.4) is 0 Å². The number of carbonyl (C=O) groups is 3. The number of furan rings is 1. The molecule has 2 heterocycles. The molecule has 1 aromatic heterocycles. The van der Waals surface area contributed by atoms with Gasteiger partial charge in [0, 0.05) is 29.4 Å². The molecule has 0 aliphatic carbocycles. The third kappa shape index (κ3) is 2.81. The SMILES string of the molecule is Cc1c(C(=O)O[C@H](C)C(=O)N2CCNC2=O)oc2c1ccc1ccccc12. The number of imide groups is 1. The van der Waals surface area contributed by atoms with Gasteiger partial charge >= 0.3 is 12.0 Å². The van der Waals surface area contributed by atoms with Crippen LogP contribution in [0, 0.1) is 6.92 Å². The monoisotopic (exact) mass is 366 g/mol. The maximum Gasteiger partial charge on any atom is 0.375 e. The van der Waals surface area contributed by atoms with E-state index < -0.39 is 24.0 Å². The minimum absolute atomic E-state index is 0.0619. The number of nitrogens with zero attached hydrogens (tertiary/aromatic N) is 1. The number of urea groups is 1. The predicted octanol–water partition coefficient (Wildman–Crippen LogP) is 2.99. The lowest BCUT2D eigenvalue weighted by atomic mass is 10.1. The Balaban J connectivity index is 1.63. The molecule has 1 aliphatic heterocycles. The Hall–Kier alpha value is -3.35. The van der Waals surface area contributed by atoms with Gasteiger partial charge < -0.3 is 14.5 Å². The molecule has 7 nitrogen and oxygen atoms in total. The molecule has 0 unspecified atom stereocenters. The minimum atomic E-state index is -1.09. The molecule has 0 saturated carbocycles. The minimum Gasteiger partial charge on any atom is -0.448 e. The first-order valence-electron chi connectivity index (χ1n) is 8.68. The Bertz CT molecular complexity index is 1080. The first-order chi connectivity index (χ1) is 13.0. The van der Waals surface area contributed by atoms with Crippen LogP contribution in [0.1, 0.15) is 23.0 Å². The number of fused-ring (bicyclic) bond motifs is 3. The highest BCUT2D eigenvalue weighted by atomic mass is 16.6. The number of nitrogens with one attached hydrogen (secondary N) is 1. The molecule has 27 heavy (non-hydrogen) atoms. The van der Waals surface area contributed by atoms with Crippen LogP contribution in [-0.4, -0.2) is 42.0 Å². The standard InChI is InChI=1S/C20H18N2O5/c1-11-14-8-7-13-5-3-4-6-15(13)17(14)27-16(11)19(24)26-12(2)18(23)22-10-9-21-20(22)25/h3-8,12H,9-10H2,1-2H3,(H,21,25)/t12-/m1/s1. The van der Waals surface area contributed by atoms with Gasteiger partial charge in [-0.25, -0.2) is 9.59 Å². The maximum atomic E-state index is 12.6. The summed E-state index contributed by atoms with van der Waals surface area (Å²) in [4.78, 5) is 37.6. The first kappa shape index (κ1) is 17.1. The zero-order valence-electron chi connectivity index (χ0n) is 14.9. The van der Waals surface area contributed by atoms with Crippen molar-refractivity contribution >= 4 is 39.6 Å². The number of esters is 1. The van der Waals surface area contributed by atoms with E-state index in [9.17, 15) is 14.4 Å². The van der Waals surface area contributed by atoms with Crippen LogP contribution >= 0.6 is 0 Å². The van der Waals surface area contributed by atoms with Crippen LogP contribution in [0.25, 0.3) is 21.7 Å². The lowest BCUT2D eigenvalue weighted by molar-refractivity contribution is -0.136. The Morgan fingerprint density at radius 2 is 1.96 bits per heavy atom. The molecule has 7 heteroatoms. The fraction of sp³-hybridized carbons (Fsp3) is 0.250. The number of benzene rings is 2. The summed E-state index contributed by atoms with van der Waals surface area (Å²) in [5.41, 5.74) is 1.26. The number of hydrogen-bond acceptors (Lipinski definition) is 5. The van der Waals surface area contributed by atoms with Gasteiger partial charge in [0.15, 0.2) is 6.10 Å². The maximum absolute atomic E-state index is 12.6. The van der Waals surface area contributed by atoms with Gasteiger partial charge in [0.05, 0.1) is 0 Å². The Morgan fingerprint density at radius 1 is 1.19 bits per heavy atom. The number of carbonyl (C=O) groups excluding carboxylic acids is 3. The number of rotatable bonds is 3. The molecule has 4 rings (SSSR count). The van der Waals surface area contributed by atoms with Gasteiger partial charge in [-0.1, -0.05) is 36.4 Å². The van der Waals surface area contributed by atoms with Crippen molar-refractivity contribution in [2.75, 3.05) is 13.1 Å². The van der Waals surface area contributed by atoms with Crippen molar-refractivity contribution in [2.24, 2.45) is 0 Å². The van der Waals surface area contributed by atoms with Crippen LogP contribution in [0.5, 0.6) is 0 Å². The summed E-state index contributed by atoms with van der Waals surface area (Å²) in [6.07, 6.45) is -1.09. The smallest absolute Gasteiger partial charge is 0.375 e. The summed E-state index contributed by atoms with van der Waals surface area (Å²) >= 11 is 0. The molecule has 2 aromatic carbocycles. The predicted molar refractivity (Wildman–Crippen MR) is 98.4 cm³/mol. The number of hydrogen-bond donors (Lipinski definition) is 1. The lowest BCUT2D eigenvalue weighted by Crippen LogP contribution is -2.41. The highest BCUT2D eigenvalue weighted by Crippen LogP contribution is 2.32. The zero-order chi connectivity index (χ0) is 19.1.